The first-order valence-corrected chi connectivity index (χ1v) is 7.07. The highest BCUT2D eigenvalue weighted by Gasteiger charge is 2.18. The lowest BCUT2D eigenvalue weighted by molar-refractivity contribution is -0.140. The number of carboxylic acid groups (broad SMARTS) is 1. The van der Waals surface area contributed by atoms with Crippen molar-refractivity contribution in [3.63, 3.8) is 0 Å². The van der Waals surface area contributed by atoms with Crippen molar-refractivity contribution < 1.29 is 9.90 Å². The smallest absolute Gasteiger partial charge is 0.308 e. The van der Waals surface area contributed by atoms with E-state index in [4.69, 9.17) is 5.11 Å². The van der Waals surface area contributed by atoms with Gasteiger partial charge in [-0.1, -0.05) is 19.1 Å². The molecule has 1 aromatic carbocycles. The van der Waals surface area contributed by atoms with E-state index in [1.165, 1.54) is 0 Å². The van der Waals surface area contributed by atoms with Gasteiger partial charge < -0.3 is 14.9 Å². The molecule has 0 aliphatic heterocycles. The van der Waals surface area contributed by atoms with Crippen LogP contribution < -0.4 is 4.90 Å². The lowest BCUT2D eigenvalue weighted by Crippen LogP contribution is -2.34. The molecule has 0 aliphatic carbocycles. The van der Waals surface area contributed by atoms with Gasteiger partial charge in [0.15, 0.2) is 0 Å². The molecule has 1 atom stereocenters. The maximum Gasteiger partial charge on any atom is 0.308 e. The molecule has 1 N–H and O–H groups in total. The molecule has 0 aliphatic rings. The van der Waals surface area contributed by atoms with Gasteiger partial charge >= 0.3 is 5.97 Å². The molecule has 0 bridgehead atoms. The Hall–Kier alpha value is -2.06. The number of carbonyl (C=O) groups is 1. The van der Waals surface area contributed by atoms with Crippen LogP contribution in [0.2, 0.25) is 0 Å². The van der Waals surface area contributed by atoms with E-state index >= 15 is 0 Å². The van der Waals surface area contributed by atoms with Crippen molar-refractivity contribution in [1.29, 1.82) is 5.26 Å². The molecule has 21 heavy (non-hydrogen) atoms. The van der Waals surface area contributed by atoms with Crippen molar-refractivity contribution in [3.05, 3.63) is 29.8 Å². The summed E-state index contributed by atoms with van der Waals surface area (Å²) in [7, 11) is 4.01. The van der Waals surface area contributed by atoms with Gasteiger partial charge in [-0.25, -0.2) is 0 Å². The minimum Gasteiger partial charge on any atom is -0.481 e. The Bertz CT molecular complexity index is 508. The fourth-order valence-electron chi connectivity index (χ4n) is 2.14. The number of anilines is 1. The number of hydrogen-bond acceptors (Lipinski definition) is 4. The molecular formula is C16H23N3O2. The first-order valence-electron chi connectivity index (χ1n) is 7.07. The highest BCUT2D eigenvalue weighted by Crippen LogP contribution is 2.21. The third-order valence-electron chi connectivity index (χ3n) is 3.31. The molecule has 0 amide bonds. The fraction of sp³-hybridized carbons (Fsp3) is 0.500. The minimum atomic E-state index is -0.818. The Morgan fingerprint density at radius 3 is 2.57 bits per heavy atom. The van der Waals surface area contributed by atoms with Crippen LogP contribution in [0.1, 0.15) is 18.9 Å². The highest BCUT2D eigenvalue weighted by molar-refractivity contribution is 5.71. The zero-order chi connectivity index (χ0) is 15.8. The van der Waals surface area contributed by atoms with Gasteiger partial charge in [0, 0.05) is 13.1 Å². The Morgan fingerprint density at radius 2 is 2.00 bits per heavy atom. The van der Waals surface area contributed by atoms with E-state index in [2.05, 4.69) is 11.0 Å². The molecule has 5 heteroatoms. The fourth-order valence-corrected chi connectivity index (χ4v) is 2.14. The molecule has 1 unspecified atom stereocenters. The monoisotopic (exact) mass is 289 g/mol. The Kier molecular flexibility index (Phi) is 6.70. The van der Waals surface area contributed by atoms with Crippen LogP contribution in [0.25, 0.3) is 0 Å². The standard InChI is InChI=1S/C16H23N3O2/c1-13(16(20)21)12-19(10-6-9-18(2)3)15-8-5-4-7-14(15)11-17/h4-5,7-8,13H,6,9-10,12H2,1-3H3,(H,20,21). The van der Waals surface area contributed by atoms with Crippen LogP contribution in [0.5, 0.6) is 0 Å². The number of para-hydroxylation sites is 1. The van der Waals surface area contributed by atoms with Crippen LogP contribution in [0, 0.1) is 17.2 Å². The number of nitrogens with zero attached hydrogens (tertiary/aromatic N) is 3. The predicted octanol–water partition coefficient (Wildman–Crippen LogP) is 2.04. The van der Waals surface area contributed by atoms with E-state index in [0.717, 1.165) is 25.2 Å². The number of hydrogen-bond donors (Lipinski definition) is 1. The molecule has 0 fully saturated rings. The SMILES string of the molecule is CC(CN(CCCN(C)C)c1ccccc1C#N)C(=O)O. The molecule has 0 spiro atoms. The van der Waals surface area contributed by atoms with Gasteiger partial charge in [0.2, 0.25) is 0 Å². The normalized spacial score (nSPS) is 12.0. The number of benzene rings is 1. The van der Waals surface area contributed by atoms with Crippen LogP contribution in [-0.4, -0.2) is 49.7 Å². The van der Waals surface area contributed by atoms with Crippen LogP contribution in [0.15, 0.2) is 24.3 Å². The highest BCUT2D eigenvalue weighted by atomic mass is 16.4. The van der Waals surface area contributed by atoms with E-state index in [1.54, 1.807) is 13.0 Å². The lowest BCUT2D eigenvalue weighted by atomic mass is 10.1. The van der Waals surface area contributed by atoms with Gasteiger partial charge in [-0.15, -0.1) is 0 Å². The molecular weight excluding hydrogens is 266 g/mol. The summed E-state index contributed by atoms with van der Waals surface area (Å²) in [6, 6.07) is 9.52. The Morgan fingerprint density at radius 1 is 1.33 bits per heavy atom. The third kappa shape index (κ3) is 5.44. The molecule has 0 saturated carbocycles. The molecule has 0 aromatic heterocycles. The average Bonchev–Trinajstić information content (AvgIpc) is 2.45. The average molecular weight is 289 g/mol. The first-order chi connectivity index (χ1) is 9.95. The third-order valence-corrected chi connectivity index (χ3v) is 3.31. The number of aliphatic carboxylic acids is 1. The van der Waals surface area contributed by atoms with Crippen molar-refractivity contribution >= 4 is 11.7 Å². The van der Waals surface area contributed by atoms with Crippen molar-refractivity contribution in [2.24, 2.45) is 5.92 Å². The Balaban J connectivity index is 2.89. The van der Waals surface area contributed by atoms with Crippen molar-refractivity contribution in [2.45, 2.75) is 13.3 Å². The summed E-state index contributed by atoms with van der Waals surface area (Å²) in [5.41, 5.74) is 1.40. The summed E-state index contributed by atoms with van der Waals surface area (Å²) in [6.45, 7) is 3.75. The second-order valence-electron chi connectivity index (χ2n) is 5.47. The van der Waals surface area contributed by atoms with Gasteiger partial charge in [-0.2, -0.15) is 5.26 Å². The van der Waals surface area contributed by atoms with E-state index in [1.807, 2.05) is 37.2 Å². The summed E-state index contributed by atoms with van der Waals surface area (Å²) >= 11 is 0. The second kappa shape index (κ2) is 8.28. The maximum absolute atomic E-state index is 11.1. The zero-order valence-corrected chi connectivity index (χ0v) is 12.9. The van der Waals surface area contributed by atoms with E-state index < -0.39 is 11.9 Å². The topological polar surface area (TPSA) is 67.6 Å². The quantitative estimate of drug-likeness (QED) is 0.793. The van der Waals surface area contributed by atoms with Crippen LogP contribution in [0.3, 0.4) is 0 Å². The van der Waals surface area contributed by atoms with E-state index in [0.29, 0.717) is 12.1 Å². The van der Waals surface area contributed by atoms with Gasteiger partial charge in [0.05, 0.1) is 17.2 Å². The van der Waals surface area contributed by atoms with Gasteiger partial charge in [0.25, 0.3) is 0 Å². The molecule has 1 aromatic rings. The summed E-state index contributed by atoms with van der Waals surface area (Å²) in [4.78, 5) is 15.2. The molecule has 0 heterocycles. The van der Waals surface area contributed by atoms with Gasteiger partial charge in [-0.3, -0.25) is 4.79 Å². The Labute approximate surface area is 126 Å². The number of carboxylic acids is 1. The zero-order valence-electron chi connectivity index (χ0n) is 12.9. The van der Waals surface area contributed by atoms with E-state index in [9.17, 15) is 10.1 Å². The van der Waals surface area contributed by atoms with Crippen molar-refractivity contribution in [3.8, 4) is 6.07 Å². The minimum absolute atomic E-state index is 0.404. The molecule has 0 saturated heterocycles. The van der Waals surface area contributed by atoms with E-state index in [-0.39, 0.29) is 0 Å². The van der Waals surface area contributed by atoms with Crippen molar-refractivity contribution in [1.82, 2.24) is 4.90 Å². The molecule has 5 nitrogen and oxygen atoms in total. The molecule has 0 radical (unpaired) electrons. The van der Waals surface area contributed by atoms with Crippen molar-refractivity contribution in [2.75, 3.05) is 38.6 Å². The first kappa shape index (κ1) is 17.0. The van der Waals surface area contributed by atoms with Crippen LogP contribution >= 0.6 is 0 Å². The number of nitriles is 1. The maximum atomic E-state index is 11.1. The lowest BCUT2D eigenvalue weighted by Gasteiger charge is -2.28. The van der Waals surface area contributed by atoms with Gasteiger partial charge in [-0.05, 0) is 39.2 Å². The summed E-state index contributed by atoms with van der Waals surface area (Å²) < 4.78 is 0. The summed E-state index contributed by atoms with van der Waals surface area (Å²) in [6.07, 6.45) is 0.916. The summed E-state index contributed by atoms with van der Waals surface area (Å²) in [5, 5.41) is 18.3. The molecule has 1 rings (SSSR count). The van der Waals surface area contributed by atoms with Crippen LogP contribution in [0.4, 0.5) is 5.69 Å². The number of rotatable bonds is 8. The second-order valence-corrected chi connectivity index (χ2v) is 5.47. The van der Waals surface area contributed by atoms with Gasteiger partial charge in [0.1, 0.15) is 6.07 Å². The predicted molar refractivity (Wildman–Crippen MR) is 83.3 cm³/mol. The molecule has 114 valence electrons. The summed E-state index contributed by atoms with van der Waals surface area (Å²) in [5.74, 6) is -1.29. The largest absolute Gasteiger partial charge is 0.481 e. The van der Waals surface area contributed by atoms with Crippen LogP contribution in [-0.2, 0) is 4.79 Å².